The van der Waals surface area contributed by atoms with Crippen molar-refractivity contribution in [1.29, 1.82) is 5.26 Å². The minimum absolute atomic E-state index is 0.214. The van der Waals surface area contributed by atoms with E-state index in [1.165, 1.54) is 11.0 Å². The van der Waals surface area contributed by atoms with Crippen LogP contribution in [0.5, 0.6) is 0 Å². The van der Waals surface area contributed by atoms with Crippen molar-refractivity contribution < 1.29 is 22.8 Å². The summed E-state index contributed by atoms with van der Waals surface area (Å²) in [6, 6.07) is 19.6. The maximum atomic E-state index is 14.2. The Kier molecular flexibility index (Phi) is 7.72. The summed E-state index contributed by atoms with van der Waals surface area (Å²) in [5.74, 6) is -1.39. The molecule has 214 valence electrons. The first-order chi connectivity index (χ1) is 20.1. The Morgan fingerprint density at radius 3 is 2.48 bits per heavy atom. The van der Waals surface area contributed by atoms with Crippen molar-refractivity contribution in [2.45, 2.75) is 38.5 Å². The maximum absolute atomic E-state index is 14.2. The first-order valence-electron chi connectivity index (χ1n) is 13.3. The van der Waals surface area contributed by atoms with Gasteiger partial charge in [0.15, 0.2) is 6.19 Å². The molecule has 1 aliphatic rings. The molecule has 0 unspecified atom stereocenters. The van der Waals surface area contributed by atoms with Gasteiger partial charge in [-0.1, -0.05) is 48.5 Å². The molecule has 2 heterocycles. The number of benzene rings is 3. The minimum Gasteiger partial charge on any atom is -0.339 e. The summed E-state index contributed by atoms with van der Waals surface area (Å²) in [6.45, 7) is 4.14. The van der Waals surface area contributed by atoms with E-state index < -0.39 is 35.5 Å². The van der Waals surface area contributed by atoms with E-state index in [1.54, 1.807) is 17.7 Å². The molecule has 0 spiro atoms. The number of nitriles is 1. The lowest BCUT2D eigenvalue weighted by Gasteiger charge is -2.38. The molecule has 2 N–H and O–H groups in total. The topological polar surface area (TPSA) is 103 Å². The van der Waals surface area contributed by atoms with Gasteiger partial charge >= 0.3 is 6.18 Å². The van der Waals surface area contributed by atoms with E-state index in [0.717, 1.165) is 29.4 Å². The van der Waals surface area contributed by atoms with Crippen LogP contribution in [0.4, 0.5) is 19.0 Å². The molecule has 2 atom stereocenters. The second kappa shape index (κ2) is 11.4. The second-order valence-corrected chi connectivity index (χ2v) is 9.87. The van der Waals surface area contributed by atoms with Crippen LogP contribution in [0.1, 0.15) is 51.1 Å². The number of aromatic nitrogens is 2. The number of carbonyl (C=O) groups is 2. The highest BCUT2D eigenvalue weighted by Crippen LogP contribution is 2.43. The summed E-state index contributed by atoms with van der Waals surface area (Å²) >= 11 is 0. The van der Waals surface area contributed by atoms with Gasteiger partial charge in [0.05, 0.1) is 16.9 Å². The van der Waals surface area contributed by atoms with Crippen LogP contribution in [0.15, 0.2) is 78.9 Å². The molecule has 0 fully saturated rings. The van der Waals surface area contributed by atoms with Crippen molar-refractivity contribution in [3.63, 3.8) is 0 Å². The monoisotopic (exact) mass is 572 g/mol. The summed E-state index contributed by atoms with van der Waals surface area (Å²) in [5, 5.41) is 19.1. The van der Waals surface area contributed by atoms with Gasteiger partial charge < -0.3 is 10.6 Å². The Bertz CT molecular complexity index is 1680. The zero-order chi connectivity index (χ0) is 30.0. The van der Waals surface area contributed by atoms with Gasteiger partial charge in [-0.3, -0.25) is 14.5 Å². The number of hydrogen-bond donors (Lipinski definition) is 2. The number of fused-ring (bicyclic) bond motifs is 1. The number of likely N-dealkylation sites (N-methyl/N-ethyl adjacent to an activating group) is 1. The molecule has 5 rings (SSSR count). The molecule has 0 saturated heterocycles. The minimum atomic E-state index is -4.63. The van der Waals surface area contributed by atoms with Gasteiger partial charge in [-0.25, -0.2) is 4.68 Å². The Balaban J connectivity index is 1.66. The van der Waals surface area contributed by atoms with E-state index in [-0.39, 0.29) is 18.7 Å². The van der Waals surface area contributed by atoms with Gasteiger partial charge in [-0.2, -0.15) is 23.5 Å². The van der Waals surface area contributed by atoms with Gasteiger partial charge in [0.2, 0.25) is 0 Å². The maximum Gasteiger partial charge on any atom is 0.416 e. The molecule has 42 heavy (non-hydrogen) atoms. The Morgan fingerprint density at radius 2 is 1.79 bits per heavy atom. The summed E-state index contributed by atoms with van der Waals surface area (Å²) in [4.78, 5) is 29.1. The van der Waals surface area contributed by atoms with Crippen molar-refractivity contribution in [1.82, 2.24) is 20.4 Å². The first-order valence-corrected chi connectivity index (χ1v) is 13.3. The van der Waals surface area contributed by atoms with Crippen molar-refractivity contribution in [2.24, 2.45) is 0 Å². The fourth-order valence-electron chi connectivity index (χ4n) is 5.39. The van der Waals surface area contributed by atoms with Gasteiger partial charge in [0.1, 0.15) is 11.9 Å². The lowest BCUT2D eigenvalue weighted by atomic mass is 9.80. The molecule has 2 amide bonds. The molecule has 0 bridgehead atoms. The zero-order valence-corrected chi connectivity index (χ0v) is 22.8. The van der Waals surface area contributed by atoms with E-state index in [4.69, 9.17) is 10.4 Å². The van der Waals surface area contributed by atoms with E-state index in [2.05, 4.69) is 10.6 Å². The van der Waals surface area contributed by atoms with Gasteiger partial charge in [0, 0.05) is 30.1 Å². The molecule has 11 heteroatoms. The highest BCUT2D eigenvalue weighted by atomic mass is 19.4. The van der Waals surface area contributed by atoms with Crippen LogP contribution in [0, 0.1) is 18.4 Å². The Labute approximate surface area is 240 Å². The van der Waals surface area contributed by atoms with Crippen LogP contribution in [0.2, 0.25) is 0 Å². The largest absolute Gasteiger partial charge is 0.416 e. The number of amides is 2. The quantitative estimate of drug-likeness (QED) is 0.238. The summed E-state index contributed by atoms with van der Waals surface area (Å²) in [7, 11) is 0. The van der Waals surface area contributed by atoms with E-state index in [0.29, 0.717) is 22.6 Å². The van der Waals surface area contributed by atoms with Crippen LogP contribution in [0.3, 0.4) is 0 Å². The Hall–Kier alpha value is -5.11. The van der Waals surface area contributed by atoms with Crippen LogP contribution in [0.25, 0.3) is 5.69 Å². The number of carbonyl (C=O) groups excluding carboxylic acids is 2. The fraction of sp³-hybridized carbons (Fsp3) is 0.226. The van der Waals surface area contributed by atoms with E-state index >= 15 is 0 Å². The molecule has 1 aliphatic heterocycles. The highest BCUT2D eigenvalue weighted by molar-refractivity contribution is 6.05. The molecular weight excluding hydrogens is 545 g/mol. The number of nitrogens with one attached hydrogen (secondary N) is 2. The summed E-state index contributed by atoms with van der Waals surface area (Å²) < 4.78 is 41.9. The predicted octanol–water partition coefficient (Wildman–Crippen LogP) is 5.07. The molecule has 0 aliphatic carbocycles. The van der Waals surface area contributed by atoms with Gasteiger partial charge in [0.25, 0.3) is 11.8 Å². The molecule has 3 aromatic carbocycles. The van der Waals surface area contributed by atoms with E-state index in [1.807, 2.05) is 61.6 Å². The number of halogens is 3. The van der Waals surface area contributed by atoms with Crippen LogP contribution in [-0.2, 0) is 17.5 Å². The molecule has 0 saturated carbocycles. The van der Waals surface area contributed by atoms with Crippen LogP contribution >= 0.6 is 0 Å². The van der Waals surface area contributed by atoms with Gasteiger partial charge in [-0.05, 0) is 55.3 Å². The number of nitrogens with zero attached hydrogens (tertiary/aromatic N) is 4. The number of rotatable bonds is 7. The molecule has 4 aromatic rings. The zero-order valence-electron chi connectivity index (χ0n) is 22.8. The smallest absolute Gasteiger partial charge is 0.339 e. The van der Waals surface area contributed by atoms with Gasteiger partial charge in [-0.15, -0.1) is 0 Å². The fourth-order valence-corrected chi connectivity index (χ4v) is 5.39. The number of alkyl halides is 3. The van der Waals surface area contributed by atoms with E-state index in [9.17, 15) is 22.8 Å². The van der Waals surface area contributed by atoms with Crippen molar-refractivity contribution >= 4 is 17.6 Å². The average molecular weight is 573 g/mol. The third kappa shape index (κ3) is 5.31. The second-order valence-electron chi connectivity index (χ2n) is 9.87. The first kappa shape index (κ1) is 28.4. The Morgan fingerprint density at radius 1 is 1.05 bits per heavy atom. The molecule has 0 radical (unpaired) electrons. The highest BCUT2D eigenvalue weighted by Gasteiger charge is 2.45. The molecule has 8 nitrogen and oxygen atoms in total. The molecule has 1 aromatic heterocycles. The lowest BCUT2D eigenvalue weighted by Crippen LogP contribution is -2.55. The van der Waals surface area contributed by atoms with Crippen molar-refractivity contribution in [3.05, 3.63) is 112 Å². The number of hydrogen-bond acceptors (Lipinski definition) is 5. The lowest BCUT2D eigenvalue weighted by molar-refractivity contribution is -0.137. The van der Waals surface area contributed by atoms with Crippen LogP contribution in [-0.4, -0.2) is 34.2 Å². The summed E-state index contributed by atoms with van der Waals surface area (Å²) in [6.07, 6.45) is -2.74. The van der Waals surface area contributed by atoms with Crippen molar-refractivity contribution in [3.8, 4) is 11.9 Å². The van der Waals surface area contributed by atoms with Crippen molar-refractivity contribution in [2.75, 3.05) is 11.4 Å². The number of anilines is 1. The number of aryl methyl sites for hydroxylation is 1. The third-order valence-corrected chi connectivity index (χ3v) is 7.25. The predicted molar refractivity (Wildman–Crippen MR) is 150 cm³/mol. The average Bonchev–Trinajstić information content (AvgIpc) is 3.33. The normalized spacial score (nSPS) is 16.5. The van der Waals surface area contributed by atoms with Crippen LogP contribution < -0.4 is 15.5 Å². The SMILES string of the molecule is CCN1C(=O)[C@@H](NC(=O)c2cccc(C(F)(F)F)c2)[C@H](c2cccc(CNC#N)c2)c2c(C)nn(-c3ccccc3)c21. The third-order valence-electron chi connectivity index (χ3n) is 7.25. The standard InChI is InChI=1S/C31H27F3N6O2/c1-3-39-29-25(19(2)38-40(29)24-13-5-4-6-14-24)26(21-10-7-9-20(15-21)17-36-18-35)27(30(39)42)37-28(41)22-11-8-12-23(16-22)31(32,33)34/h4-16,26-27,36H,3,17H2,1-2H3,(H,37,41)/t26-,27+/m1/s1. The summed E-state index contributed by atoms with van der Waals surface area (Å²) in [5.41, 5.74) is 2.36. The molecular formula is C31H27F3N6O2. The number of para-hydroxylation sites is 1.